The molecule has 2 amide bonds. The first-order chi connectivity index (χ1) is 11.2. The van der Waals surface area contributed by atoms with E-state index in [-0.39, 0.29) is 23.6 Å². The second-order valence-corrected chi connectivity index (χ2v) is 6.93. The highest BCUT2D eigenvalue weighted by Crippen LogP contribution is 2.28. The highest BCUT2D eigenvalue weighted by molar-refractivity contribution is 5.79. The number of amides is 2. The molecule has 24 heavy (non-hydrogen) atoms. The number of carboxylic acid groups (broad SMARTS) is 1. The maximum absolute atomic E-state index is 13.8. The van der Waals surface area contributed by atoms with Crippen LogP contribution in [0.5, 0.6) is 0 Å². The van der Waals surface area contributed by atoms with Crippen LogP contribution in [0.1, 0.15) is 38.2 Å². The Labute approximate surface area is 139 Å². The van der Waals surface area contributed by atoms with Crippen molar-refractivity contribution in [3.05, 3.63) is 35.4 Å². The van der Waals surface area contributed by atoms with Gasteiger partial charge in [0.1, 0.15) is 17.6 Å². The van der Waals surface area contributed by atoms with Crippen LogP contribution in [0.3, 0.4) is 0 Å². The summed E-state index contributed by atoms with van der Waals surface area (Å²) in [5, 5.41) is 11.8. The Morgan fingerprint density at radius 2 is 2.08 bits per heavy atom. The summed E-state index contributed by atoms with van der Waals surface area (Å²) in [6.07, 6.45) is 1.89. The minimum absolute atomic E-state index is 0.0104. The molecule has 1 aliphatic rings. The van der Waals surface area contributed by atoms with Crippen molar-refractivity contribution in [3.63, 3.8) is 0 Å². The molecule has 0 bridgehead atoms. The summed E-state index contributed by atoms with van der Waals surface area (Å²) < 4.78 is 27.1. The monoisotopic (exact) mass is 340 g/mol. The number of urea groups is 1. The lowest BCUT2D eigenvalue weighted by Crippen LogP contribution is -2.49. The summed E-state index contributed by atoms with van der Waals surface area (Å²) in [7, 11) is 0. The number of likely N-dealkylation sites (tertiary alicyclic amines) is 1. The minimum Gasteiger partial charge on any atom is -0.481 e. The lowest BCUT2D eigenvalue weighted by molar-refractivity contribution is -0.138. The zero-order valence-electron chi connectivity index (χ0n) is 13.8. The third-order valence-electron chi connectivity index (χ3n) is 4.28. The molecule has 1 atom stereocenters. The third kappa shape index (κ3) is 4.43. The molecule has 5 nitrogen and oxygen atoms in total. The van der Waals surface area contributed by atoms with Gasteiger partial charge in [-0.3, -0.25) is 4.79 Å². The fraction of sp³-hybridized carbons (Fsp3) is 0.529. The van der Waals surface area contributed by atoms with E-state index in [1.165, 1.54) is 0 Å². The number of nitrogens with zero attached hydrogens (tertiary/aromatic N) is 1. The molecule has 1 unspecified atom stereocenters. The van der Waals surface area contributed by atoms with E-state index in [2.05, 4.69) is 19.2 Å². The molecule has 1 heterocycles. The average molecular weight is 340 g/mol. The number of carboxylic acids is 1. The maximum Gasteiger partial charge on any atom is 0.317 e. The predicted molar refractivity (Wildman–Crippen MR) is 84.7 cm³/mol. The van der Waals surface area contributed by atoms with Crippen molar-refractivity contribution in [2.75, 3.05) is 19.6 Å². The second kappa shape index (κ2) is 7.15. The van der Waals surface area contributed by atoms with Gasteiger partial charge < -0.3 is 15.3 Å². The normalized spacial score (nSPS) is 18.1. The molecular formula is C17H22F2N2O3. The molecule has 0 aromatic heterocycles. The van der Waals surface area contributed by atoms with Gasteiger partial charge in [0.15, 0.2) is 0 Å². The molecule has 0 spiro atoms. The van der Waals surface area contributed by atoms with Gasteiger partial charge >= 0.3 is 12.0 Å². The van der Waals surface area contributed by atoms with Crippen LogP contribution in [0.25, 0.3) is 0 Å². The molecule has 0 radical (unpaired) electrons. The lowest BCUT2D eigenvalue weighted by atomic mass is 9.84. The molecule has 132 valence electrons. The predicted octanol–water partition coefficient (Wildman–Crippen LogP) is 2.96. The molecule has 1 aromatic carbocycles. The highest BCUT2D eigenvalue weighted by Gasteiger charge is 2.30. The van der Waals surface area contributed by atoms with Crippen LogP contribution >= 0.6 is 0 Å². The number of aliphatic carboxylic acids is 1. The Morgan fingerprint density at radius 1 is 1.38 bits per heavy atom. The van der Waals surface area contributed by atoms with E-state index in [1.807, 2.05) is 0 Å². The van der Waals surface area contributed by atoms with Crippen LogP contribution in [0, 0.1) is 17.0 Å². The van der Waals surface area contributed by atoms with Gasteiger partial charge in [-0.15, -0.1) is 0 Å². The van der Waals surface area contributed by atoms with E-state index in [0.717, 1.165) is 31.0 Å². The smallest absolute Gasteiger partial charge is 0.317 e. The second-order valence-electron chi connectivity index (χ2n) is 6.93. The Bertz CT molecular complexity index is 634. The van der Waals surface area contributed by atoms with Gasteiger partial charge in [-0.2, -0.15) is 0 Å². The lowest BCUT2D eigenvalue weighted by Gasteiger charge is -2.38. The molecule has 1 aliphatic heterocycles. The van der Waals surface area contributed by atoms with E-state index < -0.39 is 23.5 Å². The largest absolute Gasteiger partial charge is 0.481 e. The summed E-state index contributed by atoms with van der Waals surface area (Å²) in [6, 6.07) is 2.28. The van der Waals surface area contributed by atoms with Crippen molar-refractivity contribution in [1.29, 1.82) is 0 Å². The van der Waals surface area contributed by atoms with Gasteiger partial charge in [0.2, 0.25) is 0 Å². The topological polar surface area (TPSA) is 69.6 Å². The number of hydrogen-bond acceptors (Lipinski definition) is 2. The molecule has 2 N–H and O–H groups in total. The van der Waals surface area contributed by atoms with Crippen molar-refractivity contribution >= 4 is 12.0 Å². The Morgan fingerprint density at radius 3 is 2.71 bits per heavy atom. The number of carbonyl (C=O) groups excluding carboxylic acids is 1. The van der Waals surface area contributed by atoms with Gasteiger partial charge in [0, 0.05) is 25.2 Å². The zero-order valence-corrected chi connectivity index (χ0v) is 13.8. The standard InChI is InChI=1S/C17H22F2N2O3/c1-17(2)6-3-7-21(10-17)16(24)20-9-13(15(22)23)12-8-11(18)4-5-14(12)19/h4-5,8,13H,3,6-7,9-10H2,1-2H3,(H,20,24)(H,22,23). The van der Waals surface area contributed by atoms with Crippen LogP contribution in [-0.4, -0.2) is 41.6 Å². The molecule has 1 aromatic rings. The third-order valence-corrected chi connectivity index (χ3v) is 4.28. The van der Waals surface area contributed by atoms with Gasteiger partial charge in [0.05, 0.1) is 0 Å². The van der Waals surface area contributed by atoms with Crippen molar-refractivity contribution < 1.29 is 23.5 Å². The van der Waals surface area contributed by atoms with E-state index in [0.29, 0.717) is 13.1 Å². The van der Waals surface area contributed by atoms with E-state index in [4.69, 9.17) is 0 Å². The number of rotatable bonds is 4. The number of carbonyl (C=O) groups is 2. The Balaban J connectivity index is 2.05. The van der Waals surface area contributed by atoms with Gasteiger partial charge in [-0.25, -0.2) is 13.6 Å². The van der Waals surface area contributed by atoms with Crippen LogP contribution < -0.4 is 5.32 Å². The van der Waals surface area contributed by atoms with Gasteiger partial charge in [-0.05, 0) is 36.5 Å². The molecule has 7 heteroatoms. The summed E-state index contributed by atoms with van der Waals surface area (Å²) in [6.45, 7) is 5.00. The Kier molecular flexibility index (Phi) is 5.41. The summed E-state index contributed by atoms with van der Waals surface area (Å²) >= 11 is 0. The first-order valence-electron chi connectivity index (χ1n) is 7.90. The molecular weight excluding hydrogens is 318 g/mol. The SMILES string of the molecule is CC1(C)CCCN(C(=O)NCC(C(=O)O)c2cc(F)ccc2F)C1. The quantitative estimate of drug-likeness (QED) is 0.885. The van der Waals surface area contributed by atoms with Crippen LogP contribution in [0.2, 0.25) is 0 Å². The van der Waals surface area contributed by atoms with E-state index in [9.17, 15) is 23.5 Å². The van der Waals surface area contributed by atoms with Crippen molar-refractivity contribution in [3.8, 4) is 0 Å². The molecule has 0 aliphatic carbocycles. The number of halogens is 2. The molecule has 1 saturated heterocycles. The van der Waals surface area contributed by atoms with Crippen LogP contribution in [-0.2, 0) is 4.79 Å². The van der Waals surface area contributed by atoms with Crippen LogP contribution in [0.15, 0.2) is 18.2 Å². The number of piperidine rings is 1. The van der Waals surface area contributed by atoms with Crippen molar-refractivity contribution in [1.82, 2.24) is 10.2 Å². The fourth-order valence-electron chi connectivity index (χ4n) is 3.01. The summed E-state index contributed by atoms with van der Waals surface area (Å²) in [5.74, 6) is -4.19. The number of benzene rings is 1. The highest BCUT2D eigenvalue weighted by atomic mass is 19.1. The first kappa shape index (κ1) is 18.2. The van der Waals surface area contributed by atoms with Crippen molar-refractivity contribution in [2.45, 2.75) is 32.6 Å². The summed E-state index contributed by atoms with van der Waals surface area (Å²) in [4.78, 5) is 25.3. The average Bonchev–Trinajstić information content (AvgIpc) is 2.49. The molecule has 0 saturated carbocycles. The van der Waals surface area contributed by atoms with Gasteiger partial charge in [-0.1, -0.05) is 13.8 Å². The van der Waals surface area contributed by atoms with Crippen LogP contribution in [0.4, 0.5) is 13.6 Å². The van der Waals surface area contributed by atoms with E-state index in [1.54, 1.807) is 4.90 Å². The number of nitrogens with one attached hydrogen (secondary N) is 1. The first-order valence-corrected chi connectivity index (χ1v) is 7.90. The van der Waals surface area contributed by atoms with Crippen molar-refractivity contribution in [2.24, 2.45) is 5.41 Å². The van der Waals surface area contributed by atoms with E-state index >= 15 is 0 Å². The maximum atomic E-state index is 13.8. The Hall–Kier alpha value is -2.18. The molecule has 2 rings (SSSR count). The molecule has 1 fully saturated rings. The zero-order chi connectivity index (χ0) is 17.9. The summed E-state index contributed by atoms with van der Waals surface area (Å²) in [5.41, 5.74) is -0.266. The minimum atomic E-state index is -1.34. The van der Waals surface area contributed by atoms with Gasteiger partial charge in [0.25, 0.3) is 0 Å². The fourth-order valence-corrected chi connectivity index (χ4v) is 3.01. The number of hydrogen-bond donors (Lipinski definition) is 2.